The summed E-state index contributed by atoms with van der Waals surface area (Å²) in [6.45, 7) is 3.64. The van der Waals surface area contributed by atoms with Crippen LogP contribution in [-0.4, -0.2) is 53.0 Å². The largest absolute Gasteiger partial charge is 1.00 e. The van der Waals surface area contributed by atoms with E-state index in [0.717, 1.165) is 6.26 Å². The van der Waals surface area contributed by atoms with Crippen molar-refractivity contribution in [3.63, 3.8) is 0 Å². The third-order valence-corrected chi connectivity index (χ3v) is 4.77. The average molecular weight is 511 g/mol. The number of hydrogen-bond acceptors (Lipinski definition) is 8. The Bertz CT molecular complexity index is 1100. The molecule has 0 saturated heterocycles. The number of aliphatic carboxylic acids is 1. The first kappa shape index (κ1) is 33.1. The molecule has 2 atom stereocenters. The van der Waals surface area contributed by atoms with Crippen LogP contribution in [0.2, 0.25) is 0 Å². The standard InChI is InChI=1S/C21H26FN3O6S.2Na/c1-12(2)19-17(9-8-15(26)10-16(27)11-18(28)29)20(13-4-6-14(22)7-5-13)24-21(23-19)25-32(3,30)31;;/h4-9,12,15-16,26-27H,10-11H2,1-3H3,(H2,23,24,25,28,29);;/q;2*+1/p-2/b9-8+;;/t15-,16-;;/m1../s1. The third kappa shape index (κ3) is 10.8. The zero-order valence-electron chi connectivity index (χ0n) is 19.8. The molecule has 0 unspecified atom stereocenters. The fourth-order valence-corrected chi connectivity index (χ4v) is 3.31. The number of sulfonamides is 1. The molecule has 0 aliphatic carbocycles. The maximum absolute atomic E-state index is 13.4. The fraction of sp³-hybridized carbons (Fsp3) is 0.381. The molecule has 34 heavy (non-hydrogen) atoms. The van der Waals surface area contributed by atoms with Crippen molar-refractivity contribution in [3.05, 3.63) is 52.1 Å². The summed E-state index contributed by atoms with van der Waals surface area (Å²) in [6, 6.07) is 5.36. The third-order valence-electron chi connectivity index (χ3n) is 4.28. The molecule has 2 rings (SSSR count). The fourth-order valence-electron chi connectivity index (χ4n) is 2.94. The van der Waals surface area contributed by atoms with E-state index in [-0.39, 0.29) is 83.1 Å². The van der Waals surface area contributed by atoms with E-state index in [1.54, 1.807) is 0 Å². The number of aromatic nitrogens is 2. The van der Waals surface area contributed by atoms with Gasteiger partial charge in [0.1, 0.15) is 5.82 Å². The van der Waals surface area contributed by atoms with Gasteiger partial charge < -0.3 is 30.1 Å². The number of hydrogen-bond donors (Lipinski definition) is 2. The molecule has 0 amide bonds. The molecular formula is C21H24FN3Na2O6S. The molecule has 0 bridgehead atoms. The SMILES string of the molecule is CC(C)c1nc([N-]S(C)(=O)=O)nc(-c2ccc(F)cc2)c1/C=C/[C@@H](O)C[C@@H](O)CC(=O)[O-].[Na+].[Na+]. The second-order valence-corrected chi connectivity index (χ2v) is 9.20. The molecule has 2 aromatic rings. The van der Waals surface area contributed by atoms with E-state index in [1.807, 2.05) is 13.8 Å². The molecule has 9 nitrogen and oxygen atoms in total. The quantitative estimate of drug-likeness (QED) is 0.304. The van der Waals surface area contributed by atoms with Crippen molar-refractivity contribution in [2.24, 2.45) is 0 Å². The second kappa shape index (κ2) is 14.6. The van der Waals surface area contributed by atoms with E-state index in [0.29, 0.717) is 16.8 Å². The van der Waals surface area contributed by atoms with Crippen LogP contribution >= 0.6 is 0 Å². The van der Waals surface area contributed by atoms with Gasteiger partial charge in [-0.3, -0.25) is 4.72 Å². The van der Waals surface area contributed by atoms with E-state index < -0.39 is 40.4 Å². The number of rotatable bonds is 10. The first-order chi connectivity index (χ1) is 14.9. The molecule has 0 radical (unpaired) electrons. The Morgan fingerprint density at radius 2 is 1.76 bits per heavy atom. The Balaban J connectivity index is 0.00000544. The average Bonchev–Trinajstić information content (AvgIpc) is 2.64. The predicted molar refractivity (Wildman–Crippen MR) is 115 cm³/mol. The summed E-state index contributed by atoms with van der Waals surface area (Å²) in [7, 11) is -3.79. The van der Waals surface area contributed by atoms with Crippen molar-refractivity contribution >= 4 is 28.0 Å². The van der Waals surface area contributed by atoms with Crippen molar-refractivity contribution < 1.29 is 92.0 Å². The molecule has 1 aromatic carbocycles. The number of aliphatic hydroxyl groups is 2. The van der Waals surface area contributed by atoms with Gasteiger partial charge in [0.05, 0.1) is 12.2 Å². The summed E-state index contributed by atoms with van der Waals surface area (Å²) >= 11 is 0. The van der Waals surface area contributed by atoms with Gasteiger partial charge in [0.15, 0.2) is 10.0 Å². The normalized spacial score (nSPS) is 13.1. The minimum Gasteiger partial charge on any atom is -0.550 e. The summed E-state index contributed by atoms with van der Waals surface area (Å²) < 4.78 is 40.3. The first-order valence-electron chi connectivity index (χ1n) is 9.70. The van der Waals surface area contributed by atoms with Gasteiger partial charge in [-0.05, 0) is 34.9 Å². The Morgan fingerprint density at radius 1 is 1.18 bits per heavy atom. The Morgan fingerprint density at radius 3 is 2.26 bits per heavy atom. The van der Waals surface area contributed by atoms with Gasteiger partial charge in [0, 0.05) is 36.7 Å². The van der Waals surface area contributed by atoms with Gasteiger partial charge in [-0.25, -0.2) is 12.8 Å². The molecule has 0 saturated carbocycles. The van der Waals surface area contributed by atoms with Crippen molar-refractivity contribution in [3.8, 4) is 11.3 Å². The van der Waals surface area contributed by atoms with Crippen LogP contribution in [-0.2, 0) is 14.8 Å². The molecule has 1 aromatic heterocycles. The zero-order chi connectivity index (χ0) is 24.1. The molecular weight excluding hydrogens is 487 g/mol. The number of nitrogens with zero attached hydrogens (tertiary/aromatic N) is 3. The zero-order valence-corrected chi connectivity index (χ0v) is 24.6. The van der Waals surface area contributed by atoms with Gasteiger partial charge in [0.25, 0.3) is 0 Å². The molecule has 1 heterocycles. The summed E-state index contributed by atoms with van der Waals surface area (Å²) in [5, 5.41) is 30.5. The van der Waals surface area contributed by atoms with Gasteiger partial charge in [0.2, 0.25) is 0 Å². The molecule has 0 aliphatic heterocycles. The first-order valence-corrected chi connectivity index (χ1v) is 11.6. The summed E-state index contributed by atoms with van der Waals surface area (Å²) in [4.78, 5) is 19.1. The number of aliphatic hydroxyl groups excluding tert-OH is 2. The van der Waals surface area contributed by atoms with Crippen molar-refractivity contribution in [1.82, 2.24) is 9.97 Å². The van der Waals surface area contributed by atoms with E-state index in [1.165, 1.54) is 36.4 Å². The molecule has 0 spiro atoms. The van der Waals surface area contributed by atoms with Gasteiger partial charge >= 0.3 is 59.1 Å². The number of benzene rings is 1. The molecule has 0 aliphatic rings. The van der Waals surface area contributed by atoms with E-state index in [2.05, 4.69) is 14.7 Å². The Kier molecular flexibility index (Phi) is 14.2. The second-order valence-electron chi connectivity index (χ2n) is 7.55. The van der Waals surface area contributed by atoms with Crippen LogP contribution in [0.25, 0.3) is 22.1 Å². The number of carbonyl (C=O) groups is 1. The van der Waals surface area contributed by atoms with Crippen LogP contribution in [0.5, 0.6) is 0 Å². The topological polar surface area (TPSA) is 155 Å². The predicted octanol–water partition coefficient (Wildman–Crippen LogP) is -4.36. The smallest absolute Gasteiger partial charge is 0.550 e. The minimum atomic E-state index is -3.79. The van der Waals surface area contributed by atoms with Crippen LogP contribution in [0.1, 0.15) is 43.9 Å². The molecule has 174 valence electrons. The van der Waals surface area contributed by atoms with Crippen LogP contribution < -0.4 is 64.2 Å². The molecule has 13 heteroatoms. The van der Waals surface area contributed by atoms with Gasteiger partial charge in [-0.15, -0.1) is 0 Å². The van der Waals surface area contributed by atoms with Crippen molar-refractivity contribution in [1.29, 1.82) is 0 Å². The number of carbonyl (C=O) groups excluding carboxylic acids is 1. The Hall–Kier alpha value is -0.890. The number of halogens is 1. The van der Waals surface area contributed by atoms with E-state index in [4.69, 9.17) is 0 Å². The number of carboxylic acids is 1. The summed E-state index contributed by atoms with van der Waals surface area (Å²) in [5.74, 6) is -2.39. The van der Waals surface area contributed by atoms with E-state index >= 15 is 0 Å². The number of carboxylic acid groups (broad SMARTS) is 1. The maximum Gasteiger partial charge on any atom is 1.00 e. The van der Waals surface area contributed by atoms with Crippen molar-refractivity contribution in [2.45, 2.75) is 44.8 Å². The van der Waals surface area contributed by atoms with Crippen molar-refractivity contribution in [2.75, 3.05) is 6.26 Å². The summed E-state index contributed by atoms with van der Waals surface area (Å²) in [5.41, 5.74) is 1.60. The van der Waals surface area contributed by atoms with Crippen LogP contribution in [0.3, 0.4) is 0 Å². The minimum absolute atomic E-state index is 0. The van der Waals surface area contributed by atoms with E-state index in [9.17, 15) is 32.9 Å². The molecule has 2 N–H and O–H groups in total. The van der Waals surface area contributed by atoms with Gasteiger partial charge in [-0.2, -0.15) is 0 Å². The van der Waals surface area contributed by atoms with Crippen LogP contribution in [0.15, 0.2) is 30.3 Å². The Labute approximate surface area is 242 Å². The van der Waals surface area contributed by atoms with Crippen LogP contribution in [0, 0.1) is 5.82 Å². The monoisotopic (exact) mass is 511 g/mol. The van der Waals surface area contributed by atoms with Crippen LogP contribution in [0.4, 0.5) is 10.3 Å². The van der Waals surface area contributed by atoms with Gasteiger partial charge in [-0.1, -0.05) is 38.1 Å². The maximum atomic E-state index is 13.4. The molecule has 0 fully saturated rings. The summed E-state index contributed by atoms with van der Waals surface area (Å²) in [6.07, 6.45) is 0.394.